The van der Waals surface area contributed by atoms with Crippen LogP contribution in [0.15, 0.2) is 30.3 Å². The average Bonchev–Trinajstić information content (AvgIpc) is 2.37. The number of hydrogen-bond donors (Lipinski definition) is 1. The Balaban J connectivity index is 2.22. The summed E-state index contributed by atoms with van der Waals surface area (Å²) in [5, 5.41) is 5.23. The smallest absolute Gasteiger partial charge is 0.210 e. The van der Waals surface area contributed by atoms with Gasteiger partial charge in [0.05, 0.1) is 11.8 Å². The fourth-order valence-electron chi connectivity index (χ4n) is 2.54. The molecule has 4 nitrogen and oxygen atoms in total. The topological polar surface area (TPSA) is 63.4 Å². The lowest BCUT2D eigenvalue weighted by Crippen LogP contribution is -2.38. The summed E-state index contributed by atoms with van der Waals surface area (Å²) in [4.78, 5) is 2.24. The van der Waals surface area contributed by atoms with Crippen LogP contribution in [0.5, 0.6) is 0 Å². The van der Waals surface area contributed by atoms with Gasteiger partial charge >= 0.3 is 0 Å². The molecule has 2 rings (SSSR count). The lowest BCUT2D eigenvalue weighted by molar-refractivity contribution is 0.176. The number of nitrogens with two attached hydrogens (primary N) is 1. The zero-order valence-corrected chi connectivity index (χ0v) is 11.3. The van der Waals surface area contributed by atoms with E-state index in [9.17, 15) is 8.42 Å². The lowest BCUT2D eigenvalue weighted by atomic mass is 10.0. The van der Waals surface area contributed by atoms with Gasteiger partial charge in [0.2, 0.25) is 10.0 Å². The van der Waals surface area contributed by atoms with Crippen LogP contribution >= 0.6 is 0 Å². The Hall–Kier alpha value is -0.910. The van der Waals surface area contributed by atoms with E-state index in [1.165, 1.54) is 6.42 Å². The van der Waals surface area contributed by atoms with Gasteiger partial charge < -0.3 is 0 Å². The van der Waals surface area contributed by atoms with Crippen molar-refractivity contribution in [3.8, 4) is 0 Å². The van der Waals surface area contributed by atoms with E-state index in [1.807, 2.05) is 30.3 Å². The second-order valence-electron chi connectivity index (χ2n) is 4.85. The Labute approximate surface area is 109 Å². The molecule has 0 amide bonds. The summed E-state index contributed by atoms with van der Waals surface area (Å²) in [6.07, 6.45) is 3.50. The van der Waals surface area contributed by atoms with Crippen molar-refractivity contribution < 1.29 is 8.42 Å². The number of piperidine rings is 1. The van der Waals surface area contributed by atoms with E-state index in [0.29, 0.717) is 0 Å². The molecule has 0 spiro atoms. The van der Waals surface area contributed by atoms with Gasteiger partial charge in [-0.25, -0.2) is 13.6 Å². The Morgan fingerprint density at radius 3 is 2.28 bits per heavy atom. The number of sulfonamides is 1. The highest BCUT2D eigenvalue weighted by atomic mass is 32.2. The zero-order chi connectivity index (χ0) is 13.0. The number of nitrogens with zero attached hydrogens (tertiary/aromatic N) is 1. The number of primary sulfonamides is 1. The van der Waals surface area contributed by atoms with E-state index in [4.69, 9.17) is 5.14 Å². The SMILES string of the molecule is NS(=O)(=O)CC(c1ccccc1)N1CCCCC1. The van der Waals surface area contributed by atoms with Gasteiger partial charge in [-0.3, -0.25) is 4.90 Å². The third kappa shape index (κ3) is 3.80. The molecular weight excluding hydrogens is 248 g/mol. The van der Waals surface area contributed by atoms with Crippen molar-refractivity contribution in [1.29, 1.82) is 0 Å². The number of benzene rings is 1. The fraction of sp³-hybridized carbons (Fsp3) is 0.538. The molecule has 0 bridgehead atoms. The van der Waals surface area contributed by atoms with E-state index >= 15 is 0 Å². The molecule has 5 heteroatoms. The largest absolute Gasteiger partial charge is 0.295 e. The lowest BCUT2D eigenvalue weighted by Gasteiger charge is -2.34. The van der Waals surface area contributed by atoms with Crippen molar-refractivity contribution >= 4 is 10.0 Å². The van der Waals surface area contributed by atoms with Crippen LogP contribution in [0.25, 0.3) is 0 Å². The Bertz CT molecular complexity index is 467. The molecule has 1 aliphatic heterocycles. The van der Waals surface area contributed by atoms with Crippen LogP contribution in [0.2, 0.25) is 0 Å². The molecule has 0 saturated carbocycles. The Kier molecular flexibility index (Phi) is 4.37. The molecule has 1 aromatic rings. The van der Waals surface area contributed by atoms with Gasteiger partial charge in [-0.05, 0) is 31.5 Å². The first-order valence-electron chi connectivity index (χ1n) is 6.36. The summed E-state index contributed by atoms with van der Waals surface area (Å²) >= 11 is 0. The molecule has 0 aromatic heterocycles. The normalized spacial score (nSPS) is 19.6. The fourth-order valence-corrected chi connectivity index (χ4v) is 3.38. The Morgan fingerprint density at radius 1 is 1.11 bits per heavy atom. The maximum atomic E-state index is 11.4. The molecule has 1 fully saturated rings. The van der Waals surface area contributed by atoms with Crippen molar-refractivity contribution in [2.45, 2.75) is 25.3 Å². The summed E-state index contributed by atoms with van der Waals surface area (Å²) in [6, 6.07) is 9.66. The van der Waals surface area contributed by atoms with E-state index in [0.717, 1.165) is 31.5 Å². The molecule has 1 atom stereocenters. The molecule has 1 aliphatic rings. The predicted octanol–water partition coefficient (Wildman–Crippen LogP) is 1.50. The molecule has 2 N–H and O–H groups in total. The quantitative estimate of drug-likeness (QED) is 0.900. The maximum absolute atomic E-state index is 11.4. The van der Waals surface area contributed by atoms with Gasteiger partial charge in [-0.15, -0.1) is 0 Å². The van der Waals surface area contributed by atoms with Crippen LogP contribution in [0.1, 0.15) is 30.9 Å². The molecule has 100 valence electrons. The summed E-state index contributed by atoms with van der Waals surface area (Å²) in [6.45, 7) is 1.91. The van der Waals surface area contributed by atoms with Gasteiger partial charge in [0.15, 0.2) is 0 Å². The minimum Gasteiger partial charge on any atom is -0.295 e. The van der Waals surface area contributed by atoms with E-state index in [-0.39, 0.29) is 11.8 Å². The number of hydrogen-bond acceptors (Lipinski definition) is 3. The van der Waals surface area contributed by atoms with Crippen molar-refractivity contribution in [2.24, 2.45) is 5.14 Å². The van der Waals surface area contributed by atoms with Crippen LogP contribution in [0.4, 0.5) is 0 Å². The molecule has 1 saturated heterocycles. The summed E-state index contributed by atoms with van der Waals surface area (Å²) in [5.74, 6) is -0.00296. The van der Waals surface area contributed by atoms with Crippen LogP contribution in [0, 0.1) is 0 Å². The summed E-state index contributed by atoms with van der Waals surface area (Å²) < 4.78 is 22.8. The summed E-state index contributed by atoms with van der Waals surface area (Å²) in [7, 11) is -3.46. The minimum absolute atomic E-state index is 0.00296. The van der Waals surface area contributed by atoms with Crippen molar-refractivity contribution in [3.63, 3.8) is 0 Å². The standard InChI is InChI=1S/C13H20N2O2S/c14-18(16,17)11-13(12-7-3-1-4-8-12)15-9-5-2-6-10-15/h1,3-4,7-8,13H,2,5-6,9-11H2,(H2,14,16,17). The van der Waals surface area contributed by atoms with Gasteiger partial charge in [-0.1, -0.05) is 36.8 Å². The second-order valence-corrected chi connectivity index (χ2v) is 6.51. The van der Waals surface area contributed by atoms with Crippen LogP contribution in [0.3, 0.4) is 0 Å². The average molecular weight is 268 g/mol. The predicted molar refractivity (Wildman–Crippen MR) is 72.6 cm³/mol. The van der Waals surface area contributed by atoms with Gasteiger partial charge in [0.25, 0.3) is 0 Å². The van der Waals surface area contributed by atoms with E-state index < -0.39 is 10.0 Å². The zero-order valence-electron chi connectivity index (χ0n) is 10.5. The van der Waals surface area contributed by atoms with Crippen molar-refractivity contribution in [2.75, 3.05) is 18.8 Å². The highest BCUT2D eigenvalue weighted by molar-refractivity contribution is 7.89. The van der Waals surface area contributed by atoms with E-state index in [1.54, 1.807) is 0 Å². The first kappa shape index (κ1) is 13.5. The highest BCUT2D eigenvalue weighted by Gasteiger charge is 2.25. The molecule has 0 radical (unpaired) electrons. The maximum Gasteiger partial charge on any atom is 0.210 e. The first-order valence-corrected chi connectivity index (χ1v) is 8.07. The minimum atomic E-state index is -3.46. The van der Waals surface area contributed by atoms with Crippen molar-refractivity contribution in [3.05, 3.63) is 35.9 Å². The molecule has 18 heavy (non-hydrogen) atoms. The third-order valence-electron chi connectivity index (χ3n) is 3.41. The van der Waals surface area contributed by atoms with E-state index in [2.05, 4.69) is 4.90 Å². The molecule has 1 unspecified atom stereocenters. The monoisotopic (exact) mass is 268 g/mol. The van der Waals surface area contributed by atoms with Crippen LogP contribution in [-0.4, -0.2) is 32.2 Å². The molecular formula is C13H20N2O2S. The molecule has 1 heterocycles. The van der Waals surface area contributed by atoms with Gasteiger partial charge in [-0.2, -0.15) is 0 Å². The molecule has 1 aromatic carbocycles. The van der Waals surface area contributed by atoms with Crippen LogP contribution in [-0.2, 0) is 10.0 Å². The summed E-state index contributed by atoms with van der Waals surface area (Å²) in [5.41, 5.74) is 1.04. The van der Waals surface area contributed by atoms with Gasteiger partial charge in [0.1, 0.15) is 0 Å². The second kappa shape index (κ2) is 5.82. The third-order valence-corrected chi connectivity index (χ3v) is 4.19. The number of likely N-dealkylation sites (tertiary alicyclic amines) is 1. The first-order chi connectivity index (χ1) is 8.56. The van der Waals surface area contributed by atoms with Crippen molar-refractivity contribution in [1.82, 2.24) is 4.90 Å². The Morgan fingerprint density at radius 2 is 1.72 bits per heavy atom. The van der Waals surface area contributed by atoms with Gasteiger partial charge in [0, 0.05) is 0 Å². The van der Waals surface area contributed by atoms with Crippen LogP contribution < -0.4 is 5.14 Å². The number of rotatable bonds is 4. The molecule has 0 aliphatic carbocycles. The highest BCUT2D eigenvalue weighted by Crippen LogP contribution is 2.25.